The van der Waals surface area contributed by atoms with Gasteiger partial charge in [0.05, 0.1) is 6.10 Å². The predicted octanol–water partition coefficient (Wildman–Crippen LogP) is 0.982. The summed E-state index contributed by atoms with van der Waals surface area (Å²) in [5, 5.41) is 12.1. The molecule has 1 fully saturated rings. The fourth-order valence-corrected chi connectivity index (χ4v) is 2.06. The number of hydrogen-bond acceptors (Lipinski definition) is 2. The highest BCUT2D eigenvalue weighted by Crippen LogP contribution is 2.22. The number of allylic oxidation sites excluding steroid dienone is 2. The first-order valence-corrected chi connectivity index (χ1v) is 5.39. The van der Waals surface area contributed by atoms with Gasteiger partial charge in [-0.3, -0.25) is 4.79 Å². The van der Waals surface area contributed by atoms with Crippen LogP contribution in [0.1, 0.15) is 32.1 Å². The number of carbonyl (C=O) groups is 1. The van der Waals surface area contributed by atoms with E-state index in [9.17, 15) is 4.79 Å². The van der Waals surface area contributed by atoms with Gasteiger partial charge in [0.15, 0.2) is 0 Å². The van der Waals surface area contributed by atoms with Crippen LogP contribution in [0.4, 0.5) is 0 Å². The molecule has 0 aromatic rings. The number of aliphatic hydroxyl groups is 1. The Morgan fingerprint density at radius 3 is 2.71 bits per heavy atom. The van der Waals surface area contributed by atoms with E-state index in [-0.39, 0.29) is 24.0 Å². The summed E-state index contributed by atoms with van der Waals surface area (Å²) in [6, 6.07) is 0.225. The highest BCUT2D eigenvalue weighted by Gasteiger charge is 2.30. The normalized spacial score (nSPS) is 36.2. The first-order chi connectivity index (χ1) is 6.75. The fraction of sp³-hybridized carbons (Fsp3) is 0.727. The summed E-state index contributed by atoms with van der Waals surface area (Å²) in [7, 11) is 0. The molecule has 3 nitrogen and oxygen atoms in total. The first-order valence-electron chi connectivity index (χ1n) is 5.39. The van der Waals surface area contributed by atoms with Gasteiger partial charge in [-0.05, 0) is 32.1 Å². The average Bonchev–Trinajstić information content (AvgIpc) is 2.17. The molecule has 2 N–H and O–H groups in total. The molecule has 0 bridgehead atoms. The van der Waals surface area contributed by atoms with Gasteiger partial charge < -0.3 is 10.4 Å². The second-order valence-electron chi connectivity index (χ2n) is 4.31. The van der Waals surface area contributed by atoms with Gasteiger partial charge in [0, 0.05) is 12.0 Å². The van der Waals surface area contributed by atoms with Crippen LogP contribution in [-0.2, 0) is 4.79 Å². The number of rotatable bonds is 2. The Morgan fingerprint density at radius 2 is 2.14 bits per heavy atom. The summed E-state index contributed by atoms with van der Waals surface area (Å²) in [4.78, 5) is 11.7. The van der Waals surface area contributed by atoms with Crippen LogP contribution in [0, 0.1) is 5.92 Å². The van der Waals surface area contributed by atoms with E-state index < -0.39 is 0 Å². The maximum atomic E-state index is 11.7. The zero-order valence-corrected chi connectivity index (χ0v) is 8.28. The van der Waals surface area contributed by atoms with E-state index in [2.05, 4.69) is 17.5 Å². The first kappa shape index (κ1) is 9.71. The molecular weight excluding hydrogens is 178 g/mol. The van der Waals surface area contributed by atoms with Gasteiger partial charge in [-0.25, -0.2) is 0 Å². The van der Waals surface area contributed by atoms with Crippen LogP contribution < -0.4 is 5.32 Å². The zero-order valence-electron chi connectivity index (χ0n) is 8.28. The SMILES string of the molecule is O=C(NC1CC(O)C1)C1CC=CCC1. The molecule has 1 atom stereocenters. The molecule has 78 valence electrons. The molecule has 0 aromatic carbocycles. The second kappa shape index (κ2) is 4.13. The van der Waals surface area contributed by atoms with Crippen molar-refractivity contribution in [2.24, 2.45) is 5.92 Å². The second-order valence-corrected chi connectivity index (χ2v) is 4.31. The van der Waals surface area contributed by atoms with Crippen molar-refractivity contribution in [1.82, 2.24) is 5.32 Å². The monoisotopic (exact) mass is 195 g/mol. The summed E-state index contributed by atoms with van der Waals surface area (Å²) in [5.74, 6) is 0.337. The molecule has 1 saturated carbocycles. The molecule has 3 heteroatoms. The van der Waals surface area contributed by atoms with Crippen LogP contribution in [0.3, 0.4) is 0 Å². The summed E-state index contributed by atoms with van der Waals surface area (Å²) in [5.41, 5.74) is 0. The molecule has 2 rings (SSSR count). The lowest BCUT2D eigenvalue weighted by molar-refractivity contribution is -0.127. The molecule has 0 aliphatic heterocycles. The van der Waals surface area contributed by atoms with Crippen molar-refractivity contribution in [3.63, 3.8) is 0 Å². The molecule has 0 saturated heterocycles. The molecular formula is C11H17NO2. The minimum Gasteiger partial charge on any atom is -0.393 e. The molecule has 0 spiro atoms. The van der Waals surface area contributed by atoms with Crippen LogP contribution >= 0.6 is 0 Å². The van der Waals surface area contributed by atoms with Gasteiger partial charge in [0.25, 0.3) is 0 Å². The van der Waals surface area contributed by atoms with Crippen molar-refractivity contribution in [2.75, 3.05) is 0 Å². The molecule has 2 aliphatic carbocycles. The highest BCUT2D eigenvalue weighted by molar-refractivity contribution is 5.79. The third-order valence-corrected chi connectivity index (χ3v) is 3.10. The Bertz CT molecular complexity index is 244. The number of aliphatic hydroxyl groups excluding tert-OH is 1. The van der Waals surface area contributed by atoms with Gasteiger partial charge in [0.2, 0.25) is 5.91 Å². The van der Waals surface area contributed by atoms with Gasteiger partial charge in [0.1, 0.15) is 0 Å². The molecule has 14 heavy (non-hydrogen) atoms. The van der Waals surface area contributed by atoms with Crippen molar-refractivity contribution >= 4 is 5.91 Å². The largest absolute Gasteiger partial charge is 0.393 e. The molecule has 0 radical (unpaired) electrons. The smallest absolute Gasteiger partial charge is 0.223 e. The summed E-state index contributed by atoms with van der Waals surface area (Å²) in [6.45, 7) is 0. The Kier molecular flexibility index (Phi) is 2.87. The topological polar surface area (TPSA) is 49.3 Å². The van der Waals surface area contributed by atoms with E-state index in [0.717, 1.165) is 32.1 Å². The maximum Gasteiger partial charge on any atom is 0.223 e. The third kappa shape index (κ3) is 2.15. The molecule has 1 amide bonds. The van der Waals surface area contributed by atoms with E-state index in [0.29, 0.717) is 0 Å². The minimum absolute atomic E-state index is 0.165. The standard InChI is InChI=1S/C11H17NO2/c13-10-6-9(7-10)12-11(14)8-4-2-1-3-5-8/h1-2,8-10,13H,3-7H2,(H,12,14). The lowest BCUT2D eigenvalue weighted by atomic mass is 9.87. The predicted molar refractivity (Wildman–Crippen MR) is 53.7 cm³/mol. The number of carbonyl (C=O) groups excluding carboxylic acids is 1. The summed E-state index contributed by atoms with van der Waals surface area (Å²) >= 11 is 0. The maximum absolute atomic E-state index is 11.7. The Morgan fingerprint density at radius 1 is 1.36 bits per heavy atom. The molecule has 0 aromatic heterocycles. The minimum atomic E-state index is -0.188. The number of amides is 1. The van der Waals surface area contributed by atoms with Crippen LogP contribution in [0.5, 0.6) is 0 Å². The third-order valence-electron chi connectivity index (χ3n) is 3.10. The average molecular weight is 195 g/mol. The van der Waals surface area contributed by atoms with Gasteiger partial charge in [-0.2, -0.15) is 0 Å². The van der Waals surface area contributed by atoms with E-state index in [1.807, 2.05) is 0 Å². The molecule has 0 heterocycles. The van der Waals surface area contributed by atoms with Gasteiger partial charge in [-0.1, -0.05) is 12.2 Å². The summed E-state index contributed by atoms with van der Waals surface area (Å²) in [6.07, 6.45) is 8.36. The number of nitrogens with one attached hydrogen (secondary N) is 1. The number of hydrogen-bond donors (Lipinski definition) is 2. The molecule has 1 unspecified atom stereocenters. The van der Waals surface area contributed by atoms with E-state index in [1.165, 1.54) is 0 Å². The van der Waals surface area contributed by atoms with Crippen LogP contribution in [-0.4, -0.2) is 23.2 Å². The lowest BCUT2D eigenvalue weighted by Gasteiger charge is -2.33. The van der Waals surface area contributed by atoms with Crippen LogP contribution in [0.2, 0.25) is 0 Å². The van der Waals surface area contributed by atoms with Crippen molar-refractivity contribution in [1.29, 1.82) is 0 Å². The van der Waals surface area contributed by atoms with Crippen LogP contribution in [0.15, 0.2) is 12.2 Å². The Hall–Kier alpha value is -0.830. The van der Waals surface area contributed by atoms with Gasteiger partial charge in [-0.15, -0.1) is 0 Å². The van der Waals surface area contributed by atoms with Crippen LogP contribution in [0.25, 0.3) is 0 Å². The van der Waals surface area contributed by atoms with Crippen molar-refractivity contribution in [3.8, 4) is 0 Å². The molecule has 2 aliphatic rings. The van der Waals surface area contributed by atoms with Crippen molar-refractivity contribution in [2.45, 2.75) is 44.2 Å². The summed E-state index contributed by atoms with van der Waals surface area (Å²) < 4.78 is 0. The zero-order chi connectivity index (χ0) is 9.97. The van der Waals surface area contributed by atoms with Crippen molar-refractivity contribution in [3.05, 3.63) is 12.2 Å². The lowest BCUT2D eigenvalue weighted by Crippen LogP contribution is -2.48. The quantitative estimate of drug-likeness (QED) is 0.645. The Labute approximate surface area is 84.2 Å². The highest BCUT2D eigenvalue weighted by atomic mass is 16.3. The Balaban J connectivity index is 1.75. The van der Waals surface area contributed by atoms with E-state index >= 15 is 0 Å². The van der Waals surface area contributed by atoms with E-state index in [4.69, 9.17) is 5.11 Å². The van der Waals surface area contributed by atoms with E-state index in [1.54, 1.807) is 0 Å². The van der Waals surface area contributed by atoms with Gasteiger partial charge >= 0.3 is 0 Å². The van der Waals surface area contributed by atoms with Crippen molar-refractivity contribution < 1.29 is 9.90 Å². The fourth-order valence-electron chi connectivity index (χ4n) is 2.06.